The summed E-state index contributed by atoms with van der Waals surface area (Å²) in [5, 5.41) is 17.6. The van der Waals surface area contributed by atoms with Gasteiger partial charge in [0.2, 0.25) is 5.91 Å². The topological polar surface area (TPSA) is 132 Å². The van der Waals surface area contributed by atoms with Crippen LogP contribution in [0.2, 0.25) is 0 Å². The third kappa shape index (κ3) is 4.40. The molecule has 3 rings (SSSR count). The number of sulfone groups is 1. The summed E-state index contributed by atoms with van der Waals surface area (Å²) in [5.74, 6) is -1.15. The van der Waals surface area contributed by atoms with Gasteiger partial charge in [-0.15, -0.1) is 0 Å². The predicted molar refractivity (Wildman–Crippen MR) is 104 cm³/mol. The second-order valence-corrected chi connectivity index (χ2v) is 9.34. The van der Waals surface area contributed by atoms with Crippen molar-refractivity contribution in [1.29, 1.82) is 5.26 Å². The number of alkyl halides is 6. The molecule has 0 aliphatic heterocycles. The summed E-state index contributed by atoms with van der Waals surface area (Å²) in [6, 6.07) is 6.08. The number of hydrogen-bond donors (Lipinski definition) is 1. The maximum Gasteiger partial charge on any atom is 0.501 e. The van der Waals surface area contributed by atoms with Crippen molar-refractivity contribution in [2.24, 2.45) is 5.73 Å². The van der Waals surface area contributed by atoms with Crippen LogP contribution < -0.4 is 5.73 Å². The average Bonchev–Trinajstić information content (AvgIpc) is 3.12. The molecule has 15 heteroatoms. The van der Waals surface area contributed by atoms with Gasteiger partial charge in [0.15, 0.2) is 0 Å². The number of benzene rings is 2. The third-order valence-electron chi connectivity index (χ3n) is 4.92. The highest BCUT2D eigenvalue weighted by molar-refractivity contribution is 7.92. The number of rotatable bonds is 5. The molecule has 34 heavy (non-hydrogen) atoms. The molecule has 1 amide bonds. The van der Waals surface area contributed by atoms with Gasteiger partial charge in [-0.3, -0.25) is 4.79 Å². The van der Waals surface area contributed by atoms with Gasteiger partial charge in [0.05, 0.1) is 23.1 Å². The average molecular weight is 505 g/mol. The van der Waals surface area contributed by atoms with Crippen LogP contribution in [0.1, 0.15) is 28.4 Å². The van der Waals surface area contributed by atoms with Gasteiger partial charge in [0.25, 0.3) is 9.84 Å². The van der Waals surface area contributed by atoms with Gasteiger partial charge in [-0.1, -0.05) is 0 Å². The molecular formula is C19H13F6N5O3S. The SMILES string of the molecule is CC(C#N)(Cn1nc2ccc(C(F)(F)F)cc2n1)c1cc(S(=O)(=O)C(F)(F)F)ccc1C(N)=O. The first-order valence-electron chi connectivity index (χ1n) is 9.08. The first kappa shape index (κ1) is 25.0. The van der Waals surface area contributed by atoms with Gasteiger partial charge >= 0.3 is 11.7 Å². The normalized spacial score (nSPS) is 14.5. The van der Waals surface area contributed by atoms with Crippen molar-refractivity contribution in [3.05, 3.63) is 53.1 Å². The fourth-order valence-electron chi connectivity index (χ4n) is 3.17. The molecule has 0 radical (unpaired) electrons. The number of amides is 1. The van der Waals surface area contributed by atoms with Crippen molar-refractivity contribution >= 4 is 26.8 Å². The zero-order valence-corrected chi connectivity index (χ0v) is 17.8. The number of aromatic nitrogens is 3. The number of hydrogen-bond acceptors (Lipinski definition) is 6. The highest BCUT2D eigenvalue weighted by Crippen LogP contribution is 2.36. The Morgan fingerprint density at radius 1 is 1.06 bits per heavy atom. The molecule has 0 saturated heterocycles. The lowest BCUT2D eigenvalue weighted by atomic mass is 9.81. The van der Waals surface area contributed by atoms with Crippen molar-refractivity contribution in [1.82, 2.24) is 15.0 Å². The zero-order valence-electron chi connectivity index (χ0n) is 16.9. The van der Waals surface area contributed by atoms with Crippen LogP contribution in [0.5, 0.6) is 0 Å². The third-order valence-corrected chi connectivity index (χ3v) is 6.40. The van der Waals surface area contributed by atoms with E-state index >= 15 is 0 Å². The summed E-state index contributed by atoms with van der Waals surface area (Å²) >= 11 is 0. The van der Waals surface area contributed by atoms with Crippen LogP contribution in [-0.4, -0.2) is 34.8 Å². The Bertz CT molecular complexity index is 1440. The molecular weight excluding hydrogens is 492 g/mol. The highest BCUT2D eigenvalue weighted by atomic mass is 32.2. The highest BCUT2D eigenvalue weighted by Gasteiger charge is 2.47. The first-order chi connectivity index (χ1) is 15.5. The van der Waals surface area contributed by atoms with E-state index in [1.165, 1.54) is 0 Å². The Kier molecular flexibility index (Phi) is 5.86. The molecule has 0 bridgehead atoms. The van der Waals surface area contributed by atoms with Crippen LogP contribution >= 0.6 is 0 Å². The van der Waals surface area contributed by atoms with E-state index in [9.17, 15) is 44.8 Å². The summed E-state index contributed by atoms with van der Waals surface area (Å²) in [6.07, 6.45) is -4.65. The Labute approximate surface area is 187 Å². The summed E-state index contributed by atoms with van der Waals surface area (Å²) in [5.41, 5.74) is -4.35. The number of carbonyl (C=O) groups is 1. The van der Waals surface area contributed by atoms with Crippen LogP contribution in [0.25, 0.3) is 11.0 Å². The molecule has 2 aromatic carbocycles. The minimum Gasteiger partial charge on any atom is -0.366 e. The van der Waals surface area contributed by atoms with Crippen molar-refractivity contribution in [2.45, 2.75) is 35.5 Å². The van der Waals surface area contributed by atoms with Crippen molar-refractivity contribution < 1.29 is 39.6 Å². The Morgan fingerprint density at radius 2 is 1.68 bits per heavy atom. The molecule has 1 heterocycles. The Hall–Kier alpha value is -3.67. The maximum atomic E-state index is 13.0. The molecule has 0 aliphatic carbocycles. The fraction of sp³-hybridized carbons (Fsp3) is 0.263. The van der Waals surface area contributed by atoms with E-state index in [0.717, 1.165) is 29.9 Å². The van der Waals surface area contributed by atoms with E-state index in [2.05, 4.69) is 10.2 Å². The van der Waals surface area contributed by atoms with Gasteiger partial charge in [0, 0.05) is 5.56 Å². The molecule has 8 nitrogen and oxygen atoms in total. The molecule has 2 N–H and O–H groups in total. The maximum absolute atomic E-state index is 13.0. The van der Waals surface area contributed by atoms with Crippen LogP contribution in [0.3, 0.4) is 0 Å². The van der Waals surface area contributed by atoms with Crippen molar-refractivity contribution in [2.75, 3.05) is 0 Å². The van der Waals surface area contributed by atoms with Crippen LogP contribution in [0.15, 0.2) is 41.3 Å². The van der Waals surface area contributed by atoms with Gasteiger partial charge in [-0.05, 0) is 48.9 Å². The monoisotopic (exact) mass is 505 g/mol. The van der Waals surface area contributed by atoms with Crippen LogP contribution in [0, 0.1) is 11.3 Å². The van der Waals surface area contributed by atoms with E-state index < -0.39 is 61.0 Å². The van der Waals surface area contributed by atoms with Gasteiger partial charge < -0.3 is 5.73 Å². The predicted octanol–water partition coefficient (Wildman–Crippen LogP) is 3.32. The quantitative estimate of drug-likeness (QED) is 0.529. The Balaban J connectivity index is 2.14. The van der Waals surface area contributed by atoms with Crippen LogP contribution in [0.4, 0.5) is 26.3 Å². The minimum absolute atomic E-state index is 0.0248. The lowest BCUT2D eigenvalue weighted by Crippen LogP contribution is -2.32. The van der Waals surface area contributed by atoms with E-state index in [4.69, 9.17) is 5.73 Å². The van der Waals surface area contributed by atoms with E-state index in [0.29, 0.717) is 18.2 Å². The van der Waals surface area contributed by atoms with Crippen molar-refractivity contribution in [3.8, 4) is 6.07 Å². The number of halogens is 6. The number of nitrogens with zero attached hydrogens (tertiary/aromatic N) is 4. The smallest absolute Gasteiger partial charge is 0.366 e. The number of carbonyl (C=O) groups excluding carboxylic acids is 1. The summed E-state index contributed by atoms with van der Waals surface area (Å²) in [6.45, 7) is 0.600. The molecule has 3 aromatic rings. The van der Waals surface area contributed by atoms with Crippen molar-refractivity contribution in [3.63, 3.8) is 0 Å². The number of nitrogens with two attached hydrogens (primary N) is 1. The largest absolute Gasteiger partial charge is 0.501 e. The summed E-state index contributed by atoms with van der Waals surface area (Å²) in [4.78, 5) is 11.5. The number of primary amides is 1. The lowest BCUT2D eigenvalue weighted by Gasteiger charge is -2.24. The number of nitriles is 1. The molecule has 1 aromatic heterocycles. The molecule has 1 unspecified atom stereocenters. The first-order valence-corrected chi connectivity index (χ1v) is 10.6. The lowest BCUT2D eigenvalue weighted by molar-refractivity contribution is -0.137. The van der Waals surface area contributed by atoms with Gasteiger partial charge in [-0.2, -0.15) is 46.6 Å². The summed E-state index contributed by atoms with van der Waals surface area (Å²) < 4.78 is 102. The molecule has 0 aliphatic rings. The fourth-order valence-corrected chi connectivity index (χ4v) is 3.95. The molecule has 0 saturated carbocycles. The van der Waals surface area contributed by atoms with E-state index in [1.54, 1.807) is 6.07 Å². The second-order valence-electron chi connectivity index (χ2n) is 7.40. The molecule has 180 valence electrons. The standard InChI is InChI=1S/C19H13F6N5O3S/c1-17(8-26,9-30-28-14-5-2-10(18(20,21)22)6-15(14)29-30)13-7-11(3-4-12(13)16(27)31)34(32,33)19(23,24)25/h2-7H,9H2,1H3,(H2,27,31). The molecule has 0 fully saturated rings. The second kappa shape index (κ2) is 7.97. The Morgan fingerprint density at radius 3 is 2.21 bits per heavy atom. The summed E-state index contributed by atoms with van der Waals surface area (Å²) in [7, 11) is -5.83. The zero-order chi connectivity index (χ0) is 25.7. The van der Waals surface area contributed by atoms with E-state index in [1.807, 2.05) is 0 Å². The minimum atomic E-state index is -5.83. The van der Waals surface area contributed by atoms with Crippen LogP contribution in [-0.2, 0) is 28.0 Å². The number of fused-ring (bicyclic) bond motifs is 1. The molecule has 1 atom stereocenters. The van der Waals surface area contributed by atoms with E-state index in [-0.39, 0.29) is 11.0 Å². The molecule has 0 spiro atoms. The van der Waals surface area contributed by atoms with Gasteiger partial charge in [0.1, 0.15) is 16.4 Å². The van der Waals surface area contributed by atoms with Gasteiger partial charge in [-0.25, -0.2) is 8.42 Å².